The maximum absolute atomic E-state index is 16.5. The normalized spacial score (nSPS) is 27.1. The van der Waals surface area contributed by atoms with Crippen molar-refractivity contribution in [1.29, 1.82) is 5.26 Å². The van der Waals surface area contributed by atoms with Crippen LogP contribution in [0.4, 0.5) is 5.69 Å². The largest absolute Gasteiger partial charge is 0.508 e. The van der Waals surface area contributed by atoms with Crippen LogP contribution in [-0.4, -0.2) is 209 Å². The summed E-state index contributed by atoms with van der Waals surface area (Å²) < 4.78 is 39.6. The molecule has 7 aromatic rings. The highest BCUT2D eigenvalue weighted by atomic mass is 35.5. The van der Waals surface area contributed by atoms with E-state index in [0.29, 0.717) is 5.56 Å². The average Bonchev–Trinajstić information content (AvgIpc) is 1.57. The number of aromatic hydroxyl groups is 3. The van der Waals surface area contributed by atoms with E-state index >= 15 is 24.0 Å². The Balaban J connectivity index is 0.974. The number of hydrogen-bond donors (Lipinski definition) is 21. The number of pyridine rings is 1. The number of phenols is 3. The number of nitriles is 1. The summed E-state index contributed by atoms with van der Waals surface area (Å²) in [5.41, 5.74) is 1.77. The first-order valence-corrected chi connectivity index (χ1v) is 40.8. The predicted octanol–water partition coefficient (Wildman–Crippen LogP) is 2.45. The lowest BCUT2D eigenvalue weighted by Crippen LogP contribution is -2.65. The van der Waals surface area contributed by atoms with Crippen LogP contribution in [0.15, 0.2) is 116 Å². The Bertz CT molecular complexity index is 5540. The molecule has 19 atom stereocenters. The molecule has 6 aromatic carbocycles. The van der Waals surface area contributed by atoms with Crippen molar-refractivity contribution in [1.82, 2.24) is 58.3 Å². The van der Waals surface area contributed by atoms with Crippen LogP contribution in [0.25, 0.3) is 11.1 Å². The third-order valence-electron chi connectivity index (χ3n) is 22.2. The Kier molecular flexibility index (Phi) is 28.0. The number of halogens is 4. The zero-order valence-corrected chi connectivity index (χ0v) is 70.6. The van der Waals surface area contributed by atoms with Gasteiger partial charge >= 0.3 is 0 Å². The average molecular weight is 1840 g/mol. The summed E-state index contributed by atoms with van der Waals surface area (Å²) in [5, 5.41) is 141. The summed E-state index contributed by atoms with van der Waals surface area (Å²) in [6.07, 6.45) is -14.9. The van der Waals surface area contributed by atoms with Gasteiger partial charge in [-0.1, -0.05) is 78.5 Å². The third-order valence-corrected chi connectivity index (χ3v) is 23.2. The number of phenolic OH excluding ortho intramolecular Hbond substituents is 3. The number of aromatic nitrogens is 1. The Morgan fingerprint density at radius 3 is 2.01 bits per heavy atom. The van der Waals surface area contributed by atoms with E-state index in [2.05, 4.69) is 52.8 Å². The van der Waals surface area contributed by atoms with E-state index in [0.717, 1.165) is 66.7 Å². The van der Waals surface area contributed by atoms with Crippen molar-refractivity contribution in [3.8, 4) is 63.3 Å². The zero-order valence-electron chi connectivity index (χ0n) is 67.6. The number of amides is 10. The number of aliphatic hydroxyl groups excluding tert-OH is 6. The number of primary amides is 1. The second kappa shape index (κ2) is 38.4. The van der Waals surface area contributed by atoms with E-state index < -0.39 is 271 Å². The molecule has 11 bridgehead atoms. The molecule has 1 aromatic heterocycles. The number of carbonyl (C=O) groups excluding carboxylic acids is 10. The fourth-order valence-electron chi connectivity index (χ4n) is 15.5. The number of likely N-dealkylation sites (N-methyl/N-ethyl adjacent to an activating group) is 1. The molecule has 0 radical (unpaired) electrons. The summed E-state index contributed by atoms with van der Waals surface area (Å²) in [6.45, 7) is 4.67. The number of nitrogens with zero attached hydrogens (tertiary/aromatic N) is 2. The highest BCUT2D eigenvalue weighted by Crippen LogP contribution is 2.51. The van der Waals surface area contributed by atoms with Crippen LogP contribution < -0.4 is 78.6 Å². The van der Waals surface area contributed by atoms with Gasteiger partial charge in [-0.2, -0.15) is 5.26 Å². The van der Waals surface area contributed by atoms with Gasteiger partial charge < -0.3 is 128 Å². The lowest BCUT2D eigenvalue weighted by Gasteiger charge is -2.48. The van der Waals surface area contributed by atoms with Crippen molar-refractivity contribution < 1.29 is 127 Å². The van der Waals surface area contributed by atoms with Gasteiger partial charge in [0.1, 0.15) is 95.0 Å². The first-order valence-electron chi connectivity index (χ1n) is 39.3. The van der Waals surface area contributed by atoms with Crippen molar-refractivity contribution in [3.63, 3.8) is 0 Å². The van der Waals surface area contributed by atoms with E-state index in [4.69, 9.17) is 90.7 Å². The molecule has 1 unspecified atom stereocenters. The van der Waals surface area contributed by atoms with Gasteiger partial charge in [-0.15, -0.1) is 0 Å². The number of rotatable bonds is 20. The van der Waals surface area contributed by atoms with Crippen molar-refractivity contribution in [3.05, 3.63) is 175 Å². The maximum atomic E-state index is 16.5. The van der Waals surface area contributed by atoms with Crippen molar-refractivity contribution in [2.24, 2.45) is 17.6 Å². The number of anilines is 1. The molecule has 22 N–H and O–H groups in total. The molecular formula is C83H86Cl4N14O26. The summed E-state index contributed by atoms with van der Waals surface area (Å²) in [6, 6.07) is 6.88. The molecule has 127 heavy (non-hydrogen) atoms. The Labute approximate surface area is 741 Å². The molecule has 15 rings (SSSR count). The summed E-state index contributed by atoms with van der Waals surface area (Å²) >= 11 is 26.8. The Morgan fingerprint density at radius 2 is 1.38 bits per heavy atom. The Morgan fingerprint density at radius 1 is 0.724 bits per heavy atom. The van der Waals surface area contributed by atoms with Gasteiger partial charge in [0.25, 0.3) is 17.7 Å². The monoisotopic (exact) mass is 1830 g/mol. The number of nitrogens with one attached hydrogen (secondary N) is 11. The smallest absolute Gasteiger partial charge is 0.270 e. The van der Waals surface area contributed by atoms with Crippen molar-refractivity contribution >= 4 is 111 Å². The lowest BCUT2D eigenvalue weighted by atomic mass is 9.84. The molecule has 1 saturated carbocycles. The standard InChI is InChI=1S/C83H86Cl4N14O26/c1-32(2)12-49(90-5)74(114)97-64-66(108)37-8-11-53(48(87)18-37)124-55-20-38-19-54(69(55)127-80-70(68(110)67(109)56(29-102)125-80)126-58-25-82(4,71(111)33(3)122-58)93-27-34-13-42(28-91-26-34)94-73(113)39-14-40(84)21-41(85)15-39)123-52-10-7-36(17-47(52)86)65(107)63-77(117)96-62(79(119)101-121-30-57(106)92-31-88)45-22-43(103)23-51(105)59(45)44-16-35(6-9-50(44)104)60(75(115)98-63)95-76(116)61(38)99-81(120)83(100-78(64)118)24-46(83)72(89)112/h6-11,13-23,26,28,32-33,46,49,56,58,60-68,70-71,80,90,93,102-105,107-111H,12,24-25,27,29-30H2,1-5H3,(H2,89,112)(H,92,106)(H,94,113)(H,95,116)(H,96,117)(H,97,114)(H,98,115)(H,99,120)(H,100,118)(H,101,119)/t33-,46-,49+,56+,58-,60+,61+,62+,63-,64+,65+,66+,67+,68-,70+,71+,80-,82-,83?/m0/s1. The summed E-state index contributed by atoms with van der Waals surface area (Å²) in [5.74, 6) is -19.4. The fourth-order valence-corrected chi connectivity index (χ4v) is 16.5. The SMILES string of the molecule is CN[C@H](CC(C)C)C(=O)N[C@H]1C(=O)NC2(C[C@H]2C(N)=O)C(=O)N[C@H]2C(=O)N[C@H]3C(=O)N[C@H](C(=O)N[C@@H](C(=O)NOCC(=O)NC#N)c4cc(O)cc(O)c4-c4cc3ccc4O)[C@H](O)c3ccc(c(Cl)c3)Oc3cc2cc(c3O[C@@H]2O[C@H](CO)[C@@H](O)[C@H](O)[C@H]2O[C@H]2C[C@](C)(NCc3cncc(NC(=O)c4cc(Cl)cc(Cl)c4)c3)[C@H](O)[C@H](C)O2)Oc2ccc(cc2Cl)[C@H]1O. The Hall–Kier alpha value is -11.9. The second-order valence-corrected chi connectivity index (χ2v) is 33.3. The first-order chi connectivity index (χ1) is 60.3. The number of fused-ring (bicyclic) bond motifs is 13. The van der Waals surface area contributed by atoms with Crippen LogP contribution in [-0.2, 0) is 68.7 Å². The minimum atomic E-state index is -2.53. The van der Waals surface area contributed by atoms with E-state index in [-0.39, 0.29) is 63.5 Å². The summed E-state index contributed by atoms with van der Waals surface area (Å²) in [4.78, 5) is 157. The minimum Gasteiger partial charge on any atom is -0.508 e. The van der Waals surface area contributed by atoms with Crippen LogP contribution in [0.5, 0.6) is 46.0 Å². The number of nitrogens with two attached hydrogens (primary N) is 1. The van der Waals surface area contributed by atoms with Crippen LogP contribution in [0.3, 0.4) is 0 Å². The van der Waals surface area contributed by atoms with Gasteiger partial charge in [0, 0.05) is 57.5 Å². The zero-order chi connectivity index (χ0) is 91.7. The molecular weight excluding hydrogens is 1750 g/mol. The van der Waals surface area contributed by atoms with Gasteiger partial charge in [-0.3, -0.25) is 63.1 Å². The number of ether oxygens (including phenoxy) is 6. The van der Waals surface area contributed by atoms with Crippen LogP contribution in [0, 0.1) is 23.3 Å². The molecule has 44 heteroatoms. The molecule has 8 aliphatic rings. The highest BCUT2D eigenvalue weighted by molar-refractivity contribution is 6.35. The van der Waals surface area contributed by atoms with Crippen LogP contribution in [0.2, 0.25) is 20.1 Å². The highest BCUT2D eigenvalue weighted by Gasteiger charge is 2.65. The van der Waals surface area contributed by atoms with Gasteiger partial charge in [-0.05, 0) is 152 Å². The van der Waals surface area contributed by atoms with Gasteiger partial charge in [0.2, 0.25) is 53.4 Å². The molecule has 10 amide bonds. The van der Waals surface area contributed by atoms with E-state index in [9.17, 15) is 69.9 Å². The predicted molar refractivity (Wildman–Crippen MR) is 443 cm³/mol. The molecule has 672 valence electrons. The number of hydrogen-bond acceptors (Lipinski definition) is 30. The first kappa shape index (κ1) is 92.8. The van der Waals surface area contributed by atoms with E-state index in [1.54, 1.807) is 18.3 Å². The van der Waals surface area contributed by atoms with Gasteiger partial charge in [0.15, 0.2) is 36.7 Å². The van der Waals surface area contributed by atoms with Crippen LogP contribution in [0.1, 0.15) is 121 Å². The van der Waals surface area contributed by atoms with Gasteiger partial charge in [-0.25, -0.2) is 5.48 Å². The molecule has 7 aliphatic heterocycles. The molecule has 1 spiro atoms. The van der Waals surface area contributed by atoms with Gasteiger partial charge in [0.05, 0.1) is 52.7 Å². The van der Waals surface area contributed by atoms with Crippen molar-refractivity contribution in [2.75, 3.05) is 25.6 Å². The molecule has 8 heterocycles. The second-order valence-electron chi connectivity index (χ2n) is 31.6. The van der Waals surface area contributed by atoms with E-state index in [1.165, 1.54) is 62.9 Å². The summed E-state index contributed by atoms with van der Waals surface area (Å²) in [7, 11) is 1.47. The molecule has 2 saturated heterocycles. The molecule has 3 fully saturated rings. The third kappa shape index (κ3) is 20.1. The number of hydroxylamine groups is 1. The molecule has 1 aliphatic carbocycles. The maximum Gasteiger partial charge on any atom is 0.270 e. The fraction of sp³-hybridized carbons (Fsp3) is 0.373. The number of aliphatic hydroxyl groups is 6. The topological polar surface area (TPSA) is 612 Å². The lowest BCUT2D eigenvalue weighted by molar-refractivity contribution is -0.334. The van der Waals surface area contributed by atoms with Crippen molar-refractivity contribution in [2.45, 2.75) is 162 Å². The quantitative estimate of drug-likeness (QED) is 0.0296. The van der Waals surface area contributed by atoms with E-state index in [1.807, 2.05) is 19.3 Å². The number of carbonyl (C=O) groups is 10. The number of benzene rings is 6. The molecule has 40 nitrogen and oxygen atoms in total. The minimum absolute atomic E-state index is 0.0309. The van der Waals surface area contributed by atoms with Crippen LogP contribution >= 0.6 is 46.4 Å².